The van der Waals surface area contributed by atoms with Crippen LogP contribution in [0.2, 0.25) is 0 Å². The van der Waals surface area contributed by atoms with E-state index in [-0.39, 0.29) is 12.3 Å². The second-order valence-corrected chi connectivity index (χ2v) is 3.69. The molecule has 1 aliphatic carbocycles. The number of aromatic amines is 1. The van der Waals surface area contributed by atoms with Gasteiger partial charge in [-0.2, -0.15) is 0 Å². The standard InChI is InChI=1S/C10H13NO2/c12-10(13)5-9(7-1-2-7)8-3-4-11-6-8/h3-4,6-7,9,11H,1-2,5H2,(H,12,13). The fourth-order valence-corrected chi connectivity index (χ4v) is 1.81. The number of nitrogens with one attached hydrogen (secondary N) is 1. The van der Waals surface area contributed by atoms with Crippen molar-refractivity contribution in [2.24, 2.45) is 5.92 Å². The van der Waals surface area contributed by atoms with Gasteiger partial charge in [-0.05, 0) is 36.3 Å². The van der Waals surface area contributed by atoms with Crippen LogP contribution in [0.3, 0.4) is 0 Å². The van der Waals surface area contributed by atoms with Gasteiger partial charge in [-0.25, -0.2) is 0 Å². The van der Waals surface area contributed by atoms with Crippen molar-refractivity contribution in [3.05, 3.63) is 24.0 Å². The molecule has 2 N–H and O–H groups in total. The van der Waals surface area contributed by atoms with Gasteiger partial charge in [-0.1, -0.05) is 0 Å². The predicted octanol–water partition coefficient (Wildman–Crippen LogP) is 1.98. The first-order chi connectivity index (χ1) is 6.27. The molecule has 0 aliphatic heterocycles. The van der Waals surface area contributed by atoms with Gasteiger partial charge in [0, 0.05) is 12.4 Å². The van der Waals surface area contributed by atoms with Crippen molar-refractivity contribution in [1.82, 2.24) is 4.98 Å². The maximum Gasteiger partial charge on any atom is 0.303 e. The fourth-order valence-electron chi connectivity index (χ4n) is 1.81. The molecule has 0 bridgehead atoms. The predicted molar refractivity (Wildman–Crippen MR) is 48.5 cm³/mol. The van der Waals surface area contributed by atoms with E-state index >= 15 is 0 Å². The molecule has 0 amide bonds. The lowest BCUT2D eigenvalue weighted by atomic mass is 9.93. The zero-order valence-electron chi connectivity index (χ0n) is 7.36. The second kappa shape index (κ2) is 3.24. The van der Waals surface area contributed by atoms with Crippen LogP contribution in [0.4, 0.5) is 0 Å². The van der Waals surface area contributed by atoms with Crippen molar-refractivity contribution in [2.45, 2.75) is 25.2 Å². The van der Waals surface area contributed by atoms with E-state index in [1.54, 1.807) is 0 Å². The highest BCUT2D eigenvalue weighted by atomic mass is 16.4. The first kappa shape index (κ1) is 8.35. The molecule has 0 spiro atoms. The number of aromatic nitrogens is 1. The summed E-state index contributed by atoms with van der Waals surface area (Å²) in [4.78, 5) is 13.6. The highest BCUT2D eigenvalue weighted by Gasteiger charge is 2.33. The molecule has 1 aromatic rings. The minimum absolute atomic E-state index is 0.226. The van der Waals surface area contributed by atoms with Crippen LogP contribution in [0, 0.1) is 5.92 Å². The van der Waals surface area contributed by atoms with E-state index < -0.39 is 5.97 Å². The molecule has 1 fully saturated rings. The Labute approximate surface area is 76.8 Å². The van der Waals surface area contributed by atoms with Crippen molar-refractivity contribution >= 4 is 5.97 Å². The third kappa shape index (κ3) is 1.91. The van der Waals surface area contributed by atoms with Gasteiger partial charge >= 0.3 is 5.97 Å². The van der Waals surface area contributed by atoms with Crippen molar-refractivity contribution in [1.29, 1.82) is 0 Å². The average Bonchev–Trinajstić information content (AvgIpc) is 2.77. The zero-order chi connectivity index (χ0) is 9.26. The summed E-state index contributed by atoms with van der Waals surface area (Å²) in [7, 11) is 0. The Hall–Kier alpha value is -1.25. The molecule has 3 nitrogen and oxygen atoms in total. The quantitative estimate of drug-likeness (QED) is 0.742. The maximum atomic E-state index is 10.6. The summed E-state index contributed by atoms with van der Waals surface area (Å²) in [6.07, 6.45) is 6.40. The molecule has 13 heavy (non-hydrogen) atoms. The van der Waals surface area contributed by atoms with E-state index in [4.69, 9.17) is 5.11 Å². The molecule has 70 valence electrons. The van der Waals surface area contributed by atoms with E-state index in [1.807, 2.05) is 18.5 Å². The highest BCUT2D eigenvalue weighted by Crippen LogP contribution is 2.44. The SMILES string of the molecule is O=C(O)CC(c1cc[nH]c1)C1CC1. The van der Waals surface area contributed by atoms with Crippen LogP contribution in [0.1, 0.15) is 30.7 Å². The average molecular weight is 179 g/mol. The third-order valence-corrected chi connectivity index (χ3v) is 2.64. The van der Waals surface area contributed by atoms with Crippen molar-refractivity contribution in [3.8, 4) is 0 Å². The van der Waals surface area contributed by atoms with Crippen LogP contribution in [0.5, 0.6) is 0 Å². The molecule has 0 radical (unpaired) electrons. The van der Waals surface area contributed by atoms with Crippen LogP contribution in [0.25, 0.3) is 0 Å². The van der Waals surface area contributed by atoms with Gasteiger partial charge in [-0.3, -0.25) is 4.79 Å². The lowest BCUT2D eigenvalue weighted by Gasteiger charge is -2.11. The van der Waals surface area contributed by atoms with Gasteiger partial charge in [0.25, 0.3) is 0 Å². The Morgan fingerprint density at radius 2 is 2.46 bits per heavy atom. The summed E-state index contributed by atoms with van der Waals surface area (Å²) >= 11 is 0. The summed E-state index contributed by atoms with van der Waals surface area (Å²) in [6.45, 7) is 0. The van der Waals surface area contributed by atoms with Gasteiger partial charge in [-0.15, -0.1) is 0 Å². The van der Waals surface area contributed by atoms with Gasteiger partial charge in [0.05, 0.1) is 6.42 Å². The van der Waals surface area contributed by atoms with Crippen LogP contribution in [-0.2, 0) is 4.79 Å². The van der Waals surface area contributed by atoms with Crippen LogP contribution < -0.4 is 0 Å². The lowest BCUT2D eigenvalue weighted by molar-refractivity contribution is -0.137. The van der Waals surface area contributed by atoms with E-state index in [2.05, 4.69) is 4.98 Å². The molecule has 1 aromatic heterocycles. The number of hydrogen-bond donors (Lipinski definition) is 2. The highest BCUT2D eigenvalue weighted by molar-refractivity contribution is 5.68. The molecule has 3 heteroatoms. The number of carboxylic acid groups (broad SMARTS) is 1. The summed E-state index contributed by atoms with van der Waals surface area (Å²) in [6, 6.07) is 1.98. The topological polar surface area (TPSA) is 53.1 Å². The Morgan fingerprint density at radius 1 is 1.69 bits per heavy atom. The summed E-state index contributed by atoms with van der Waals surface area (Å²) in [5.41, 5.74) is 1.14. The van der Waals surface area contributed by atoms with Gasteiger partial charge in [0.2, 0.25) is 0 Å². The molecule has 2 rings (SSSR count). The minimum Gasteiger partial charge on any atom is -0.481 e. The molecular weight excluding hydrogens is 166 g/mol. The van der Waals surface area contributed by atoms with Crippen molar-refractivity contribution < 1.29 is 9.90 Å². The number of carboxylic acids is 1. The van der Waals surface area contributed by atoms with Crippen molar-refractivity contribution in [2.75, 3.05) is 0 Å². The van der Waals surface area contributed by atoms with Crippen LogP contribution >= 0.6 is 0 Å². The van der Waals surface area contributed by atoms with Gasteiger partial charge < -0.3 is 10.1 Å². The first-order valence-electron chi connectivity index (χ1n) is 4.62. The normalized spacial score (nSPS) is 18.5. The number of H-pyrrole nitrogens is 1. The molecule has 1 atom stereocenters. The van der Waals surface area contributed by atoms with Crippen LogP contribution in [-0.4, -0.2) is 16.1 Å². The summed E-state index contributed by atoms with van der Waals surface area (Å²) < 4.78 is 0. The Bertz CT molecular complexity index is 288. The molecule has 1 aliphatic rings. The smallest absolute Gasteiger partial charge is 0.303 e. The molecule has 0 aromatic carbocycles. The number of hydrogen-bond acceptors (Lipinski definition) is 1. The van der Waals surface area contributed by atoms with E-state index in [9.17, 15) is 4.79 Å². The molecule has 1 unspecified atom stereocenters. The van der Waals surface area contributed by atoms with Crippen LogP contribution in [0.15, 0.2) is 18.5 Å². The Balaban J connectivity index is 2.09. The van der Waals surface area contributed by atoms with Gasteiger partial charge in [0.1, 0.15) is 0 Å². The van der Waals surface area contributed by atoms with E-state index in [0.717, 1.165) is 5.56 Å². The fraction of sp³-hybridized carbons (Fsp3) is 0.500. The second-order valence-electron chi connectivity index (χ2n) is 3.69. The molecular formula is C10H13NO2. The molecule has 1 heterocycles. The third-order valence-electron chi connectivity index (χ3n) is 2.64. The largest absolute Gasteiger partial charge is 0.481 e. The first-order valence-corrected chi connectivity index (χ1v) is 4.62. The summed E-state index contributed by atoms with van der Waals surface area (Å²) in [5.74, 6) is 0.133. The number of aliphatic carboxylic acids is 1. The van der Waals surface area contributed by atoms with E-state index in [1.165, 1.54) is 12.8 Å². The lowest BCUT2D eigenvalue weighted by Crippen LogP contribution is -2.07. The van der Waals surface area contributed by atoms with Gasteiger partial charge in [0.15, 0.2) is 0 Å². The zero-order valence-corrected chi connectivity index (χ0v) is 7.36. The molecule has 1 saturated carbocycles. The minimum atomic E-state index is -0.696. The number of rotatable bonds is 4. The van der Waals surface area contributed by atoms with Crippen molar-refractivity contribution in [3.63, 3.8) is 0 Å². The van der Waals surface area contributed by atoms with E-state index in [0.29, 0.717) is 5.92 Å². The Kier molecular flexibility index (Phi) is 2.08. The summed E-state index contributed by atoms with van der Waals surface area (Å²) in [5, 5.41) is 8.75. The maximum absolute atomic E-state index is 10.6. The molecule has 0 saturated heterocycles. The number of carbonyl (C=O) groups is 1. The monoisotopic (exact) mass is 179 g/mol. The Morgan fingerprint density at radius 3 is 2.92 bits per heavy atom.